The maximum absolute atomic E-state index is 6.90. The molecular weight excluding hydrogens is 408 g/mol. The summed E-state index contributed by atoms with van der Waals surface area (Å²) in [5, 5.41) is 0. The van der Waals surface area contributed by atoms with Gasteiger partial charge in [-0.05, 0) is 37.1 Å². The summed E-state index contributed by atoms with van der Waals surface area (Å²) in [6.07, 6.45) is 4.24. The van der Waals surface area contributed by atoms with Crippen molar-refractivity contribution in [3.8, 4) is 11.5 Å². The van der Waals surface area contributed by atoms with Gasteiger partial charge in [0.2, 0.25) is 11.4 Å². The largest absolute Gasteiger partial charge is 0.714 e. The molecular formula is C29H24N2O2+2. The highest BCUT2D eigenvalue weighted by atomic mass is 16.7. The van der Waals surface area contributed by atoms with Gasteiger partial charge in [-0.2, -0.15) is 0 Å². The molecule has 4 aromatic rings. The standard InChI is InChI=1S/C29H24N2O2/c1-21-11-9-13-23-19-30(25-15-5-3-6-16-25)29(32-27(21)23)31(26-17-7-4-8-18-26)20-24-14-10-12-22(2)28(24)33-29/h3-20H,1-2H3/q+2. The van der Waals surface area contributed by atoms with Crippen molar-refractivity contribution < 1.29 is 18.6 Å². The lowest BCUT2D eigenvalue weighted by Crippen LogP contribution is -2.62. The van der Waals surface area contributed by atoms with E-state index in [2.05, 4.69) is 96.1 Å². The van der Waals surface area contributed by atoms with Crippen LogP contribution in [0.25, 0.3) is 0 Å². The Morgan fingerprint density at radius 2 is 0.939 bits per heavy atom. The van der Waals surface area contributed by atoms with E-state index in [-0.39, 0.29) is 0 Å². The van der Waals surface area contributed by atoms with Crippen LogP contribution in [0.5, 0.6) is 11.5 Å². The zero-order valence-corrected chi connectivity index (χ0v) is 18.6. The van der Waals surface area contributed by atoms with Crippen LogP contribution in [-0.2, 0) is 0 Å². The molecule has 0 atom stereocenters. The normalized spacial score (nSPS) is 15.5. The number of para-hydroxylation sites is 4. The fourth-order valence-corrected chi connectivity index (χ4v) is 4.53. The fraction of sp³-hybridized carbons (Fsp3) is 0.103. The number of ether oxygens (including phenoxy) is 2. The molecule has 0 aromatic heterocycles. The van der Waals surface area contributed by atoms with Crippen molar-refractivity contribution in [1.82, 2.24) is 0 Å². The molecule has 6 rings (SSSR count). The molecule has 33 heavy (non-hydrogen) atoms. The van der Waals surface area contributed by atoms with Crippen LogP contribution < -0.4 is 9.47 Å². The van der Waals surface area contributed by atoms with E-state index in [1.165, 1.54) is 0 Å². The first kappa shape index (κ1) is 19.5. The molecule has 0 saturated heterocycles. The van der Waals surface area contributed by atoms with E-state index in [0.29, 0.717) is 0 Å². The van der Waals surface area contributed by atoms with Crippen molar-refractivity contribution in [2.45, 2.75) is 19.9 Å². The van der Waals surface area contributed by atoms with Crippen molar-refractivity contribution in [1.29, 1.82) is 0 Å². The molecule has 0 saturated carbocycles. The zero-order valence-electron chi connectivity index (χ0n) is 18.6. The van der Waals surface area contributed by atoms with Crippen molar-refractivity contribution in [2.24, 2.45) is 0 Å². The Labute approximate surface area is 193 Å². The van der Waals surface area contributed by atoms with E-state index in [1.807, 2.05) is 36.4 Å². The molecule has 0 aliphatic carbocycles. The first-order valence-corrected chi connectivity index (χ1v) is 11.1. The Balaban J connectivity index is 1.69. The predicted molar refractivity (Wildman–Crippen MR) is 129 cm³/mol. The Hall–Kier alpha value is -4.18. The van der Waals surface area contributed by atoms with Gasteiger partial charge in [0.25, 0.3) is 0 Å². The lowest BCUT2D eigenvalue weighted by atomic mass is 10.1. The van der Waals surface area contributed by atoms with E-state index >= 15 is 0 Å². The summed E-state index contributed by atoms with van der Waals surface area (Å²) < 4.78 is 18.0. The molecule has 4 nitrogen and oxygen atoms in total. The van der Waals surface area contributed by atoms with Gasteiger partial charge in [-0.1, -0.05) is 69.8 Å². The number of hydrogen-bond acceptors (Lipinski definition) is 2. The number of nitrogens with zero attached hydrogens (tertiary/aromatic N) is 2. The SMILES string of the molecule is Cc1cccc2c1OC1(Oc3c(C)cccc3C=[N+]1c1ccccc1)[N+](c1ccccc1)=C2. The summed E-state index contributed by atoms with van der Waals surface area (Å²) in [6, 6.07) is 31.5. The number of hydrogen-bond donors (Lipinski definition) is 0. The van der Waals surface area contributed by atoms with E-state index in [9.17, 15) is 0 Å². The van der Waals surface area contributed by atoms with Crippen molar-refractivity contribution in [2.75, 3.05) is 0 Å². The quantitative estimate of drug-likeness (QED) is 0.367. The van der Waals surface area contributed by atoms with E-state index < -0.39 is 6.03 Å². The third-order valence-electron chi connectivity index (χ3n) is 6.17. The third-order valence-corrected chi connectivity index (χ3v) is 6.17. The summed E-state index contributed by atoms with van der Waals surface area (Å²) in [5.41, 5.74) is 6.08. The van der Waals surface area contributed by atoms with Gasteiger partial charge in [-0.3, -0.25) is 0 Å². The van der Waals surface area contributed by atoms with Crippen molar-refractivity contribution >= 4 is 23.8 Å². The Kier molecular flexibility index (Phi) is 4.40. The zero-order chi connectivity index (χ0) is 22.4. The van der Waals surface area contributed by atoms with Gasteiger partial charge in [-0.25, -0.2) is 0 Å². The molecule has 0 fully saturated rings. The third kappa shape index (κ3) is 3.06. The first-order valence-electron chi connectivity index (χ1n) is 11.1. The molecule has 0 unspecified atom stereocenters. The summed E-state index contributed by atoms with van der Waals surface area (Å²) in [6.45, 7) is 4.13. The lowest BCUT2D eigenvalue weighted by molar-refractivity contribution is -0.855. The topological polar surface area (TPSA) is 24.5 Å². The fourth-order valence-electron chi connectivity index (χ4n) is 4.53. The number of aryl methyl sites for hydroxylation is 2. The minimum absolute atomic E-state index is 0.816. The molecule has 0 N–H and O–H groups in total. The monoisotopic (exact) mass is 432 g/mol. The summed E-state index contributed by atoms with van der Waals surface area (Å²) in [4.78, 5) is 0. The molecule has 2 aliphatic heterocycles. The van der Waals surface area contributed by atoms with Crippen LogP contribution in [0.2, 0.25) is 0 Å². The molecule has 4 aromatic carbocycles. The molecule has 0 bridgehead atoms. The number of benzene rings is 4. The number of fused-ring (bicyclic) bond motifs is 2. The lowest BCUT2D eigenvalue weighted by Gasteiger charge is -2.32. The molecule has 2 aliphatic rings. The Morgan fingerprint density at radius 3 is 1.36 bits per heavy atom. The maximum atomic E-state index is 6.90. The second-order valence-electron chi connectivity index (χ2n) is 8.41. The van der Waals surface area contributed by atoms with Crippen molar-refractivity contribution in [3.63, 3.8) is 0 Å². The average Bonchev–Trinajstić information content (AvgIpc) is 2.86. The molecule has 0 amide bonds. The van der Waals surface area contributed by atoms with Crippen LogP contribution >= 0.6 is 0 Å². The highest BCUT2D eigenvalue weighted by molar-refractivity contribution is 5.84. The van der Waals surface area contributed by atoms with Gasteiger partial charge < -0.3 is 9.47 Å². The second kappa shape index (κ2) is 7.45. The van der Waals surface area contributed by atoms with Crippen LogP contribution in [0.3, 0.4) is 0 Å². The van der Waals surface area contributed by atoms with E-state index in [0.717, 1.165) is 45.1 Å². The van der Waals surface area contributed by atoms with Gasteiger partial charge in [-0.15, -0.1) is 0 Å². The van der Waals surface area contributed by atoms with Crippen LogP contribution in [0.1, 0.15) is 22.3 Å². The highest BCUT2D eigenvalue weighted by Gasteiger charge is 2.66. The minimum Gasteiger partial charge on any atom is -0.340 e. The first-order chi connectivity index (χ1) is 16.2. The van der Waals surface area contributed by atoms with Crippen molar-refractivity contribution in [3.05, 3.63) is 119 Å². The van der Waals surface area contributed by atoms with Crippen LogP contribution in [0.4, 0.5) is 11.4 Å². The Bertz CT molecular complexity index is 1310. The van der Waals surface area contributed by atoms with Gasteiger partial charge >= 0.3 is 6.03 Å². The van der Waals surface area contributed by atoms with Crippen LogP contribution in [-0.4, -0.2) is 27.6 Å². The predicted octanol–water partition coefficient (Wildman–Crippen LogP) is 5.93. The molecule has 0 radical (unpaired) electrons. The molecule has 2 heterocycles. The van der Waals surface area contributed by atoms with Crippen LogP contribution in [0.15, 0.2) is 97.1 Å². The summed E-state index contributed by atoms with van der Waals surface area (Å²) >= 11 is 0. The number of rotatable bonds is 2. The minimum atomic E-state index is -1.28. The second-order valence-corrected chi connectivity index (χ2v) is 8.41. The smallest absolute Gasteiger partial charge is 0.340 e. The summed E-state index contributed by atoms with van der Waals surface area (Å²) in [7, 11) is 0. The van der Waals surface area contributed by atoms with E-state index in [4.69, 9.17) is 9.47 Å². The average molecular weight is 433 g/mol. The van der Waals surface area contributed by atoms with Crippen LogP contribution in [0, 0.1) is 13.8 Å². The highest BCUT2D eigenvalue weighted by Crippen LogP contribution is 2.42. The van der Waals surface area contributed by atoms with E-state index in [1.54, 1.807) is 0 Å². The van der Waals surface area contributed by atoms with Gasteiger partial charge in [0, 0.05) is 24.3 Å². The van der Waals surface area contributed by atoms with Gasteiger partial charge in [0.05, 0.1) is 11.1 Å². The molecule has 4 heteroatoms. The maximum Gasteiger partial charge on any atom is 0.714 e. The van der Waals surface area contributed by atoms with Gasteiger partial charge in [0.1, 0.15) is 0 Å². The molecule has 160 valence electrons. The summed E-state index contributed by atoms with van der Waals surface area (Å²) in [5.74, 6) is 1.63. The Morgan fingerprint density at radius 1 is 0.515 bits per heavy atom. The molecule has 1 spiro atoms. The van der Waals surface area contributed by atoms with Gasteiger partial charge in [0.15, 0.2) is 23.9 Å².